The second kappa shape index (κ2) is 7.37. The molecule has 0 fully saturated rings. The summed E-state index contributed by atoms with van der Waals surface area (Å²) in [5.74, 6) is -0.226. The predicted molar refractivity (Wildman–Crippen MR) is 111 cm³/mol. The molecule has 0 aromatic heterocycles. The van der Waals surface area contributed by atoms with Crippen LogP contribution in [0.15, 0.2) is 60.2 Å². The summed E-state index contributed by atoms with van der Waals surface area (Å²) in [7, 11) is 0. The molecule has 0 saturated heterocycles. The number of nitrogens with one attached hydrogen (secondary N) is 1. The lowest BCUT2D eigenvalue weighted by Crippen LogP contribution is -2.45. The third-order valence-corrected chi connectivity index (χ3v) is 5.53. The van der Waals surface area contributed by atoms with Crippen molar-refractivity contribution in [3.05, 3.63) is 76.9 Å². The van der Waals surface area contributed by atoms with Crippen molar-refractivity contribution in [1.29, 1.82) is 0 Å². The Bertz CT molecular complexity index is 982. The molecule has 0 aliphatic carbocycles. The molecule has 150 valence electrons. The van der Waals surface area contributed by atoms with E-state index in [1.165, 1.54) is 0 Å². The van der Waals surface area contributed by atoms with E-state index in [9.17, 15) is 9.59 Å². The first kappa shape index (κ1) is 19.2. The van der Waals surface area contributed by atoms with E-state index in [0.29, 0.717) is 13.0 Å². The van der Waals surface area contributed by atoms with Crippen molar-refractivity contribution in [3.8, 4) is 0 Å². The molecule has 2 heterocycles. The minimum atomic E-state index is -1.14. The summed E-state index contributed by atoms with van der Waals surface area (Å²) >= 11 is 0. The summed E-state index contributed by atoms with van der Waals surface area (Å²) in [6, 6.07) is 14.9. The van der Waals surface area contributed by atoms with E-state index < -0.39 is 11.6 Å². The van der Waals surface area contributed by atoms with Crippen molar-refractivity contribution in [2.75, 3.05) is 11.9 Å². The van der Waals surface area contributed by atoms with Crippen LogP contribution < -0.4 is 11.1 Å². The van der Waals surface area contributed by atoms with Crippen molar-refractivity contribution in [3.63, 3.8) is 0 Å². The monoisotopic (exact) mass is 391 g/mol. The highest BCUT2D eigenvalue weighted by Crippen LogP contribution is 2.45. The van der Waals surface area contributed by atoms with Gasteiger partial charge in [-0.05, 0) is 37.5 Å². The van der Waals surface area contributed by atoms with Gasteiger partial charge in [0.25, 0.3) is 0 Å². The van der Waals surface area contributed by atoms with Gasteiger partial charge in [0, 0.05) is 17.8 Å². The lowest BCUT2D eigenvalue weighted by molar-refractivity contribution is -0.121. The Hall–Kier alpha value is -3.12. The Labute approximate surface area is 170 Å². The zero-order valence-corrected chi connectivity index (χ0v) is 16.6. The van der Waals surface area contributed by atoms with Crippen molar-refractivity contribution in [2.45, 2.75) is 38.5 Å². The van der Waals surface area contributed by atoms with Gasteiger partial charge in [-0.1, -0.05) is 54.1 Å². The van der Waals surface area contributed by atoms with Crippen molar-refractivity contribution >= 4 is 17.7 Å². The zero-order valence-electron chi connectivity index (χ0n) is 16.6. The first-order chi connectivity index (χ1) is 13.9. The molecule has 29 heavy (non-hydrogen) atoms. The predicted octanol–water partition coefficient (Wildman–Crippen LogP) is 3.84. The smallest absolute Gasteiger partial charge is 0.410 e. The van der Waals surface area contributed by atoms with Crippen LogP contribution in [0.25, 0.3) is 0 Å². The number of nitrogens with zero attached hydrogens (tertiary/aromatic N) is 1. The number of anilines is 1. The summed E-state index contributed by atoms with van der Waals surface area (Å²) in [4.78, 5) is 27.4. The van der Waals surface area contributed by atoms with Crippen molar-refractivity contribution in [2.24, 2.45) is 5.73 Å². The average molecular weight is 391 g/mol. The summed E-state index contributed by atoms with van der Waals surface area (Å²) in [6.45, 7) is 4.49. The van der Waals surface area contributed by atoms with Crippen molar-refractivity contribution in [1.82, 2.24) is 4.90 Å². The second-order valence-electron chi connectivity index (χ2n) is 7.87. The second-order valence-corrected chi connectivity index (χ2v) is 7.87. The molecule has 6 nitrogen and oxygen atoms in total. The van der Waals surface area contributed by atoms with Gasteiger partial charge in [0.2, 0.25) is 5.91 Å². The highest BCUT2D eigenvalue weighted by Gasteiger charge is 2.49. The van der Waals surface area contributed by atoms with E-state index in [1.807, 2.05) is 68.5 Å². The van der Waals surface area contributed by atoms with Crippen LogP contribution in [-0.2, 0) is 21.7 Å². The highest BCUT2D eigenvalue weighted by molar-refractivity contribution is 6.06. The maximum Gasteiger partial charge on any atom is 0.410 e. The van der Waals surface area contributed by atoms with Crippen LogP contribution >= 0.6 is 0 Å². The fourth-order valence-corrected chi connectivity index (χ4v) is 4.11. The van der Waals surface area contributed by atoms with Gasteiger partial charge in [0.1, 0.15) is 12.1 Å². The molecule has 2 aromatic rings. The van der Waals surface area contributed by atoms with Gasteiger partial charge < -0.3 is 15.8 Å². The van der Waals surface area contributed by atoms with Gasteiger partial charge in [-0.15, -0.1) is 0 Å². The Balaban J connectivity index is 1.70. The highest BCUT2D eigenvalue weighted by atomic mass is 16.6. The lowest BCUT2D eigenvalue weighted by Gasteiger charge is -2.29. The first-order valence-electron chi connectivity index (χ1n) is 9.76. The van der Waals surface area contributed by atoms with Crippen LogP contribution in [-0.4, -0.2) is 23.4 Å². The molecule has 2 amide bonds. The number of allylic oxidation sites excluding steroid dienone is 1. The topological polar surface area (TPSA) is 84.7 Å². The largest absolute Gasteiger partial charge is 0.445 e. The number of nitrogens with two attached hydrogens (primary N) is 1. The molecular weight excluding hydrogens is 366 g/mol. The summed E-state index contributed by atoms with van der Waals surface area (Å²) < 4.78 is 5.61. The lowest BCUT2D eigenvalue weighted by atomic mass is 9.85. The molecule has 2 aliphatic rings. The fraction of sp³-hybridized carbons (Fsp3) is 0.304. The molecular formula is C23H25N3O3. The van der Waals surface area contributed by atoms with Crippen LogP contribution in [0.3, 0.4) is 0 Å². The summed E-state index contributed by atoms with van der Waals surface area (Å²) in [5, 5.41) is 2.89. The van der Waals surface area contributed by atoms with Crippen LogP contribution in [0, 0.1) is 0 Å². The SMILES string of the molecule is CC(C)=C[C@@H]1c2cccc3c2[C@@](N)(CCN1C(=O)OCc1ccccc1)C(=O)N3. The molecule has 2 aromatic carbocycles. The van der Waals surface area contributed by atoms with Crippen LogP contribution in [0.4, 0.5) is 10.5 Å². The van der Waals surface area contributed by atoms with E-state index in [2.05, 4.69) is 5.32 Å². The summed E-state index contributed by atoms with van der Waals surface area (Å²) in [5.41, 5.74) is 9.78. The number of amides is 2. The third-order valence-electron chi connectivity index (χ3n) is 5.53. The van der Waals surface area contributed by atoms with Crippen LogP contribution in [0.2, 0.25) is 0 Å². The van der Waals surface area contributed by atoms with Crippen LogP contribution in [0.1, 0.15) is 43.0 Å². The van der Waals surface area contributed by atoms with Gasteiger partial charge in [0.15, 0.2) is 0 Å². The number of benzene rings is 2. The average Bonchev–Trinajstić information content (AvgIpc) is 2.88. The normalized spacial score (nSPS) is 22.4. The molecule has 0 radical (unpaired) electrons. The molecule has 4 rings (SSSR count). The Morgan fingerprint density at radius 3 is 2.72 bits per heavy atom. The molecule has 0 spiro atoms. The van der Waals surface area contributed by atoms with Crippen LogP contribution in [0.5, 0.6) is 0 Å². The molecule has 6 heteroatoms. The van der Waals surface area contributed by atoms with Gasteiger partial charge in [-0.25, -0.2) is 4.79 Å². The number of rotatable bonds is 3. The van der Waals surface area contributed by atoms with E-state index >= 15 is 0 Å². The molecule has 0 bridgehead atoms. The first-order valence-corrected chi connectivity index (χ1v) is 9.76. The standard InChI is InChI=1S/C23H25N3O3/c1-15(2)13-19-17-9-6-10-18-20(17)23(24,21(27)25-18)11-12-26(19)22(28)29-14-16-7-4-3-5-8-16/h3-10,13,19H,11-12,14,24H2,1-2H3,(H,25,27)/t19-,23+/m1/s1. The molecule has 2 atom stereocenters. The van der Waals surface area contributed by atoms with E-state index in [-0.39, 0.29) is 18.6 Å². The number of hydrogen-bond donors (Lipinski definition) is 2. The minimum Gasteiger partial charge on any atom is -0.445 e. The van der Waals surface area contributed by atoms with Gasteiger partial charge in [-0.2, -0.15) is 0 Å². The Morgan fingerprint density at radius 2 is 2.00 bits per heavy atom. The van der Waals surface area contributed by atoms with E-state index in [0.717, 1.165) is 28.0 Å². The fourth-order valence-electron chi connectivity index (χ4n) is 4.11. The quantitative estimate of drug-likeness (QED) is 0.779. The molecule has 0 saturated carbocycles. The zero-order chi connectivity index (χ0) is 20.6. The molecule has 2 aliphatic heterocycles. The minimum absolute atomic E-state index is 0.193. The van der Waals surface area contributed by atoms with Gasteiger partial charge in [0.05, 0.1) is 6.04 Å². The summed E-state index contributed by atoms with van der Waals surface area (Å²) in [6.07, 6.45) is 1.93. The number of carbonyl (C=O) groups excluding carboxylic acids is 2. The molecule has 3 N–H and O–H groups in total. The Kier molecular flexibility index (Phi) is 4.88. The Morgan fingerprint density at radius 1 is 1.24 bits per heavy atom. The van der Waals surface area contributed by atoms with E-state index in [1.54, 1.807) is 4.90 Å². The number of hydrogen-bond acceptors (Lipinski definition) is 4. The maximum absolute atomic E-state index is 13.1. The van der Waals surface area contributed by atoms with E-state index in [4.69, 9.17) is 10.5 Å². The number of carbonyl (C=O) groups is 2. The van der Waals surface area contributed by atoms with Gasteiger partial charge >= 0.3 is 6.09 Å². The van der Waals surface area contributed by atoms with Crippen molar-refractivity contribution < 1.29 is 14.3 Å². The number of ether oxygens (including phenoxy) is 1. The van der Waals surface area contributed by atoms with Gasteiger partial charge in [-0.3, -0.25) is 9.69 Å². The third kappa shape index (κ3) is 3.40. The molecule has 0 unspecified atom stereocenters. The maximum atomic E-state index is 13.1.